The van der Waals surface area contributed by atoms with Crippen LogP contribution in [0.3, 0.4) is 0 Å². The number of carbonyl (C=O) groups is 2. The van der Waals surface area contributed by atoms with E-state index in [0.29, 0.717) is 6.42 Å². The number of benzene rings is 1. The van der Waals surface area contributed by atoms with E-state index in [1.54, 1.807) is 13.1 Å². The van der Waals surface area contributed by atoms with Gasteiger partial charge in [-0.05, 0) is 30.6 Å². The molecule has 102 valence electrons. The Morgan fingerprint density at radius 2 is 1.63 bits per heavy atom. The minimum Gasteiger partial charge on any atom is -0.314 e. The summed E-state index contributed by atoms with van der Waals surface area (Å²) in [6, 6.07) is 9.53. The maximum absolute atomic E-state index is 14.0. The number of Topliss-reactive ketones (excluding diaryl/α,β-unsaturated/α-hetero) is 2. The SMILES string of the molecule is C[Si](C)(F)C1CC(=O)C(Cc2ccccc2)C(=O)C1. The zero-order valence-corrected chi connectivity index (χ0v) is 12.4. The molecule has 0 unspecified atom stereocenters. The molecule has 1 aliphatic carbocycles. The molecule has 4 heteroatoms. The molecule has 0 N–H and O–H groups in total. The van der Waals surface area contributed by atoms with E-state index < -0.39 is 14.3 Å². The first-order valence-corrected chi connectivity index (χ1v) is 9.61. The Balaban J connectivity index is 2.09. The largest absolute Gasteiger partial charge is 0.314 e. The number of hydrogen-bond donors (Lipinski definition) is 0. The second kappa shape index (κ2) is 5.37. The lowest BCUT2D eigenvalue weighted by Crippen LogP contribution is -2.40. The van der Waals surface area contributed by atoms with Crippen LogP contribution in [0.1, 0.15) is 18.4 Å². The van der Waals surface area contributed by atoms with E-state index in [9.17, 15) is 13.7 Å². The van der Waals surface area contributed by atoms with Gasteiger partial charge in [0.15, 0.2) is 0 Å². The second-order valence-electron chi connectivity index (χ2n) is 5.84. The van der Waals surface area contributed by atoms with Crippen LogP contribution in [-0.4, -0.2) is 20.0 Å². The van der Waals surface area contributed by atoms with E-state index >= 15 is 0 Å². The molecule has 19 heavy (non-hydrogen) atoms. The van der Waals surface area contributed by atoms with E-state index in [-0.39, 0.29) is 29.9 Å². The van der Waals surface area contributed by atoms with Crippen LogP contribution < -0.4 is 0 Å². The van der Waals surface area contributed by atoms with Gasteiger partial charge in [0.25, 0.3) is 0 Å². The maximum atomic E-state index is 14.0. The molecule has 0 radical (unpaired) electrons. The lowest BCUT2D eigenvalue weighted by Gasteiger charge is -2.30. The molecule has 1 saturated carbocycles. The van der Waals surface area contributed by atoms with Crippen molar-refractivity contribution < 1.29 is 13.7 Å². The fourth-order valence-corrected chi connectivity index (χ4v) is 3.96. The average molecular weight is 278 g/mol. The minimum atomic E-state index is -2.90. The van der Waals surface area contributed by atoms with Gasteiger partial charge in [-0.15, -0.1) is 0 Å². The Labute approximate surface area is 114 Å². The highest BCUT2D eigenvalue weighted by atomic mass is 28.4. The van der Waals surface area contributed by atoms with Gasteiger partial charge in [-0.2, -0.15) is 0 Å². The van der Waals surface area contributed by atoms with Crippen molar-refractivity contribution in [1.82, 2.24) is 0 Å². The van der Waals surface area contributed by atoms with Crippen LogP contribution in [0.5, 0.6) is 0 Å². The molecular weight excluding hydrogens is 259 g/mol. The maximum Gasteiger partial charge on any atom is 0.244 e. The van der Waals surface area contributed by atoms with Crippen molar-refractivity contribution in [3.8, 4) is 0 Å². The van der Waals surface area contributed by atoms with Crippen molar-refractivity contribution >= 4 is 20.0 Å². The molecule has 1 aromatic carbocycles. The monoisotopic (exact) mass is 278 g/mol. The zero-order chi connectivity index (χ0) is 14.0. The fourth-order valence-electron chi connectivity index (χ4n) is 2.58. The molecule has 0 aromatic heterocycles. The van der Waals surface area contributed by atoms with E-state index in [1.807, 2.05) is 30.3 Å². The number of halogens is 1. The second-order valence-corrected chi connectivity index (χ2v) is 9.79. The normalized spacial score (nSPS) is 24.6. The summed E-state index contributed by atoms with van der Waals surface area (Å²) in [5.41, 5.74) is 0.656. The lowest BCUT2D eigenvalue weighted by atomic mass is 9.82. The van der Waals surface area contributed by atoms with Crippen LogP contribution in [0.4, 0.5) is 4.11 Å². The van der Waals surface area contributed by atoms with E-state index in [4.69, 9.17) is 0 Å². The summed E-state index contributed by atoms with van der Waals surface area (Å²) in [6.07, 6.45) is 0.928. The Morgan fingerprint density at radius 3 is 2.11 bits per heavy atom. The average Bonchev–Trinajstić information content (AvgIpc) is 2.33. The first-order chi connectivity index (χ1) is 8.88. The van der Waals surface area contributed by atoms with E-state index in [1.165, 1.54) is 0 Å². The van der Waals surface area contributed by atoms with Crippen molar-refractivity contribution in [2.75, 3.05) is 0 Å². The van der Waals surface area contributed by atoms with Crippen LogP contribution in [-0.2, 0) is 16.0 Å². The molecule has 0 bridgehead atoms. The zero-order valence-electron chi connectivity index (χ0n) is 11.4. The molecule has 2 nitrogen and oxygen atoms in total. The first kappa shape index (κ1) is 14.1. The van der Waals surface area contributed by atoms with Crippen LogP contribution >= 0.6 is 0 Å². The molecule has 1 fully saturated rings. The van der Waals surface area contributed by atoms with E-state index in [2.05, 4.69) is 0 Å². The molecule has 0 atom stereocenters. The van der Waals surface area contributed by atoms with Gasteiger partial charge in [-0.1, -0.05) is 30.3 Å². The number of rotatable bonds is 3. The Hall–Kier alpha value is -1.29. The molecule has 0 aliphatic heterocycles. The number of ketones is 2. The van der Waals surface area contributed by atoms with Crippen molar-refractivity contribution in [3.63, 3.8) is 0 Å². The third-order valence-electron chi connectivity index (χ3n) is 3.93. The fraction of sp³-hybridized carbons (Fsp3) is 0.467. The van der Waals surface area contributed by atoms with Gasteiger partial charge in [0.1, 0.15) is 11.6 Å². The van der Waals surface area contributed by atoms with Crippen LogP contribution in [0.25, 0.3) is 0 Å². The summed E-state index contributed by atoms with van der Waals surface area (Å²) in [7, 11) is -2.90. The summed E-state index contributed by atoms with van der Waals surface area (Å²) in [4.78, 5) is 24.2. The van der Waals surface area contributed by atoms with Crippen molar-refractivity contribution in [2.24, 2.45) is 5.92 Å². The molecular formula is C15H19FO2Si. The molecule has 2 rings (SSSR count). The van der Waals surface area contributed by atoms with Crippen LogP contribution in [0.15, 0.2) is 30.3 Å². The summed E-state index contributed by atoms with van der Waals surface area (Å²) < 4.78 is 14.0. The smallest absolute Gasteiger partial charge is 0.244 e. The Morgan fingerprint density at radius 1 is 1.11 bits per heavy atom. The predicted molar refractivity (Wildman–Crippen MR) is 75.2 cm³/mol. The van der Waals surface area contributed by atoms with Gasteiger partial charge in [0.05, 0.1) is 5.92 Å². The third kappa shape index (κ3) is 3.38. The summed E-state index contributed by atoms with van der Waals surface area (Å²) >= 11 is 0. The molecule has 0 amide bonds. The summed E-state index contributed by atoms with van der Waals surface area (Å²) in [6.45, 7) is 3.16. The number of carbonyl (C=O) groups excluding carboxylic acids is 2. The summed E-state index contributed by atoms with van der Waals surface area (Å²) in [5.74, 6) is -0.721. The Bertz CT molecular complexity index is 461. The molecule has 0 saturated heterocycles. The van der Waals surface area contributed by atoms with Crippen LogP contribution in [0.2, 0.25) is 18.6 Å². The van der Waals surface area contributed by atoms with Crippen molar-refractivity contribution in [2.45, 2.75) is 37.9 Å². The molecule has 0 heterocycles. The lowest BCUT2D eigenvalue weighted by molar-refractivity contribution is -0.135. The highest BCUT2D eigenvalue weighted by Gasteiger charge is 2.43. The quantitative estimate of drug-likeness (QED) is 0.483. The van der Waals surface area contributed by atoms with Crippen molar-refractivity contribution in [1.29, 1.82) is 0 Å². The molecule has 1 aliphatic rings. The highest BCUT2D eigenvalue weighted by molar-refractivity contribution is 6.72. The highest BCUT2D eigenvalue weighted by Crippen LogP contribution is 2.37. The van der Waals surface area contributed by atoms with Crippen molar-refractivity contribution in [3.05, 3.63) is 35.9 Å². The predicted octanol–water partition coefficient (Wildman–Crippen LogP) is 3.32. The third-order valence-corrected chi connectivity index (χ3v) is 6.28. The summed E-state index contributed by atoms with van der Waals surface area (Å²) in [5, 5.41) is 0. The van der Waals surface area contributed by atoms with Gasteiger partial charge in [-0.25, -0.2) is 0 Å². The minimum absolute atomic E-state index is 0.0803. The van der Waals surface area contributed by atoms with Gasteiger partial charge in [0, 0.05) is 12.8 Å². The van der Waals surface area contributed by atoms with Gasteiger partial charge in [0.2, 0.25) is 8.41 Å². The van der Waals surface area contributed by atoms with E-state index in [0.717, 1.165) is 5.56 Å². The Kier molecular flexibility index (Phi) is 3.99. The molecule has 0 spiro atoms. The van der Waals surface area contributed by atoms with Gasteiger partial charge < -0.3 is 4.11 Å². The topological polar surface area (TPSA) is 34.1 Å². The first-order valence-electron chi connectivity index (χ1n) is 6.66. The standard InChI is InChI=1S/C15H19FO2Si/c1-19(2,16)12-9-14(17)13(15(18)10-12)8-11-6-4-3-5-7-11/h3-7,12-13H,8-10H2,1-2H3. The molecule has 1 aromatic rings. The van der Waals surface area contributed by atoms with Gasteiger partial charge >= 0.3 is 0 Å². The number of hydrogen-bond acceptors (Lipinski definition) is 2. The van der Waals surface area contributed by atoms with Crippen LogP contribution in [0, 0.1) is 5.92 Å². The van der Waals surface area contributed by atoms with Gasteiger partial charge in [-0.3, -0.25) is 9.59 Å².